The van der Waals surface area contributed by atoms with Crippen LogP contribution in [0, 0.1) is 5.92 Å². The predicted octanol–water partition coefficient (Wildman–Crippen LogP) is 2.51. The van der Waals surface area contributed by atoms with Gasteiger partial charge in [0, 0.05) is 0 Å². The number of carbonyl (C=O) groups is 1. The van der Waals surface area contributed by atoms with E-state index >= 15 is 0 Å². The molecule has 1 aliphatic carbocycles. The first-order valence-electron chi connectivity index (χ1n) is 7.51. The number of benzene rings is 1. The van der Waals surface area contributed by atoms with Gasteiger partial charge in [-0.3, -0.25) is 4.79 Å². The molecule has 0 unspecified atom stereocenters. The monoisotopic (exact) mass is 289 g/mol. The number of primary amides is 1. The molecule has 4 heteroatoms. The summed E-state index contributed by atoms with van der Waals surface area (Å²) in [7, 11) is 0. The molecule has 0 saturated heterocycles. The molecule has 0 radical (unpaired) electrons. The highest BCUT2D eigenvalue weighted by Gasteiger charge is 2.17. The van der Waals surface area contributed by atoms with Crippen LogP contribution in [0.4, 0.5) is 0 Å². The maximum atomic E-state index is 10.7. The summed E-state index contributed by atoms with van der Waals surface area (Å²) in [5, 5.41) is 9.60. The molecular weight excluding hydrogens is 266 g/mol. The predicted molar refractivity (Wildman–Crippen MR) is 82.8 cm³/mol. The average Bonchev–Trinajstić information content (AvgIpc) is 2.52. The van der Waals surface area contributed by atoms with Crippen LogP contribution in [0.3, 0.4) is 0 Å². The van der Waals surface area contributed by atoms with E-state index in [0.717, 1.165) is 11.1 Å². The second-order valence-corrected chi connectivity index (χ2v) is 5.54. The topological polar surface area (TPSA) is 72.6 Å². The maximum absolute atomic E-state index is 10.7. The summed E-state index contributed by atoms with van der Waals surface area (Å²) in [6, 6.07) is 7.47. The van der Waals surface area contributed by atoms with Crippen LogP contribution in [0.2, 0.25) is 0 Å². The van der Waals surface area contributed by atoms with Crippen molar-refractivity contribution in [2.45, 2.75) is 32.1 Å². The van der Waals surface area contributed by atoms with Crippen molar-refractivity contribution in [3.05, 3.63) is 35.4 Å². The van der Waals surface area contributed by atoms with Crippen molar-refractivity contribution in [3.63, 3.8) is 0 Å². The van der Waals surface area contributed by atoms with Crippen LogP contribution in [0.25, 0.3) is 6.08 Å². The van der Waals surface area contributed by atoms with Crippen LogP contribution in [0.1, 0.15) is 37.7 Å². The van der Waals surface area contributed by atoms with Crippen molar-refractivity contribution in [3.8, 4) is 5.75 Å². The molecule has 3 N–H and O–H groups in total. The number of aliphatic hydroxyl groups excluding tert-OH is 1. The van der Waals surface area contributed by atoms with Gasteiger partial charge in [0.1, 0.15) is 5.75 Å². The summed E-state index contributed by atoms with van der Waals surface area (Å²) < 4.78 is 5.23. The fourth-order valence-corrected chi connectivity index (χ4v) is 2.79. The second kappa shape index (κ2) is 7.84. The lowest BCUT2D eigenvalue weighted by Crippen LogP contribution is -2.19. The average molecular weight is 289 g/mol. The fourth-order valence-electron chi connectivity index (χ4n) is 2.79. The van der Waals surface area contributed by atoms with Gasteiger partial charge in [-0.15, -0.1) is 0 Å². The van der Waals surface area contributed by atoms with Crippen molar-refractivity contribution in [2.24, 2.45) is 11.7 Å². The maximum Gasteiger partial charge on any atom is 0.255 e. The van der Waals surface area contributed by atoms with Crippen molar-refractivity contribution < 1.29 is 14.6 Å². The van der Waals surface area contributed by atoms with Crippen LogP contribution >= 0.6 is 0 Å². The van der Waals surface area contributed by atoms with Crippen molar-refractivity contribution in [2.75, 3.05) is 13.2 Å². The summed E-state index contributed by atoms with van der Waals surface area (Å²) in [6.07, 6.45) is 8.22. The Hall–Kier alpha value is -1.81. The van der Waals surface area contributed by atoms with E-state index in [4.69, 9.17) is 10.5 Å². The smallest absolute Gasteiger partial charge is 0.255 e. The number of ether oxygens (including phenoxy) is 1. The van der Waals surface area contributed by atoms with Crippen LogP contribution in [-0.2, 0) is 4.79 Å². The lowest BCUT2D eigenvalue weighted by atomic mass is 9.83. The van der Waals surface area contributed by atoms with E-state index < -0.39 is 5.91 Å². The van der Waals surface area contributed by atoms with Crippen LogP contribution in [0.15, 0.2) is 29.8 Å². The molecule has 1 aliphatic rings. The summed E-state index contributed by atoms with van der Waals surface area (Å²) in [6.45, 7) is 0.00371. The molecule has 114 valence electrons. The molecule has 0 heterocycles. The summed E-state index contributed by atoms with van der Waals surface area (Å²) >= 11 is 0. The third kappa shape index (κ3) is 4.90. The zero-order valence-electron chi connectivity index (χ0n) is 12.3. The molecule has 1 saturated carbocycles. The molecule has 2 rings (SSSR count). The van der Waals surface area contributed by atoms with Gasteiger partial charge in [-0.25, -0.2) is 0 Å². The van der Waals surface area contributed by atoms with E-state index in [1.165, 1.54) is 32.1 Å². The van der Waals surface area contributed by atoms with Crippen molar-refractivity contribution in [1.29, 1.82) is 0 Å². The molecule has 21 heavy (non-hydrogen) atoms. The summed E-state index contributed by atoms with van der Waals surface area (Å²) in [5.74, 6) is 0.641. The Bertz CT molecular complexity index is 487. The minimum Gasteiger partial charge on any atom is -0.484 e. The van der Waals surface area contributed by atoms with E-state index in [1.807, 2.05) is 24.3 Å². The van der Waals surface area contributed by atoms with E-state index in [0.29, 0.717) is 11.7 Å². The highest BCUT2D eigenvalue weighted by molar-refractivity contribution is 5.75. The van der Waals surface area contributed by atoms with Gasteiger partial charge in [0.25, 0.3) is 5.91 Å². The number of amides is 1. The highest BCUT2D eigenvalue weighted by Crippen LogP contribution is 2.30. The Kier molecular flexibility index (Phi) is 5.81. The molecule has 0 aliphatic heterocycles. The van der Waals surface area contributed by atoms with E-state index in [-0.39, 0.29) is 13.2 Å². The highest BCUT2D eigenvalue weighted by atomic mass is 16.5. The molecule has 1 aromatic carbocycles. The fraction of sp³-hybridized carbons (Fsp3) is 0.471. The van der Waals surface area contributed by atoms with Crippen LogP contribution in [-0.4, -0.2) is 24.2 Å². The number of rotatable bonds is 6. The molecule has 4 nitrogen and oxygen atoms in total. The molecule has 1 amide bonds. The number of nitrogens with two attached hydrogens (primary N) is 1. The number of hydrogen-bond donors (Lipinski definition) is 2. The molecule has 0 aromatic heterocycles. The lowest BCUT2D eigenvalue weighted by molar-refractivity contribution is -0.119. The third-order valence-corrected chi connectivity index (χ3v) is 3.93. The summed E-state index contributed by atoms with van der Waals surface area (Å²) in [4.78, 5) is 10.7. The zero-order valence-corrected chi connectivity index (χ0v) is 12.3. The first kappa shape index (κ1) is 15.6. The van der Waals surface area contributed by atoms with Gasteiger partial charge in [0.15, 0.2) is 6.61 Å². The molecule has 1 aromatic rings. The Morgan fingerprint density at radius 3 is 2.48 bits per heavy atom. The second-order valence-electron chi connectivity index (χ2n) is 5.54. The number of carbonyl (C=O) groups excluding carboxylic acids is 1. The van der Waals surface area contributed by atoms with Gasteiger partial charge in [-0.05, 0) is 42.0 Å². The Morgan fingerprint density at radius 2 is 1.90 bits per heavy atom. The first-order valence-corrected chi connectivity index (χ1v) is 7.51. The Labute approximate surface area is 125 Å². The minimum absolute atomic E-state index is 0.112. The molecule has 0 bridgehead atoms. The van der Waals surface area contributed by atoms with Crippen molar-refractivity contribution in [1.82, 2.24) is 0 Å². The SMILES string of the molecule is NC(=O)COc1ccc(/C=C(/CO)C2CCCCC2)cc1. The van der Waals surface area contributed by atoms with Gasteiger partial charge in [-0.1, -0.05) is 37.5 Å². The van der Waals surface area contributed by atoms with Gasteiger partial charge in [-0.2, -0.15) is 0 Å². The first-order chi connectivity index (χ1) is 10.2. The largest absolute Gasteiger partial charge is 0.484 e. The molecular formula is C17H23NO3. The van der Waals surface area contributed by atoms with Gasteiger partial charge >= 0.3 is 0 Å². The molecule has 1 fully saturated rings. The van der Waals surface area contributed by atoms with Gasteiger partial charge in [0.05, 0.1) is 6.61 Å². The zero-order chi connectivity index (χ0) is 15.1. The standard InChI is InChI=1S/C17H23NO3/c18-17(20)12-21-16-8-6-13(7-9-16)10-15(11-19)14-4-2-1-3-5-14/h6-10,14,19H,1-5,11-12H2,(H2,18,20)/b15-10-. The lowest BCUT2D eigenvalue weighted by Gasteiger charge is -2.23. The minimum atomic E-state index is -0.487. The van der Waals surface area contributed by atoms with Crippen LogP contribution in [0.5, 0.6) is 5.75 Å². The Morgan fingerprint density at radius 1 is 1.24 bits per heavy atom. The van der Waals surface area contributed by atoms with Crippen molar-refractivity contribution >= 4 is 12.0 Å². The van der Waals surface area contributed by atoms with E-state index in [9.17, 15) is 9.90 Å². The third-order valence-electron chi connectivity index (χ3n) is 3.93. The van der Waals surface area contributed by atoms with Crippen LogP contribution < -0.4 is 10.5 Å². The van der Waals surface area contributed by atoms with Gasteiger partial charge in [0.2, 0.25) is 0 Å². The normalized spacial score (nSPS) is 16.7. The molecule has 0 atom stereocenters. The summed E-state index contributed by atoms with van der Waals surface area (Å²) in [5.41, 5.74) is 7.19. The van der Waals surface area contributed by atoms with Gasteiger partial charge < -0.3 is 15.6 Å². The molecule has 0 spiro atoms. The van der Waals surface area contributed by atoms with E-state index in [1.54, 1.807) is 0 Å². The number of aliphatic hydroxyl groups is 1. The quantitative estimate of drug-likeness (QED) is 0.845. The Balaban J connectivity index is 2.02. The number of hydrogen-bond acceptors (Lipinski definition) is 3. The van der Waals surface area contributed by atoms with E-state index in [2.05, 4.69) is 6.08 Å².